The lowest BCUT2D eigenvalue weighted by molar-refractivity contribution is -0.120. The molecule has 0 spiro atoms. The second-order valence-corrected chi connectivity index (χ2v) is 5.97. The van der Waals surface area contributed by atoms with E-state index >= 15 is 0 Å². The first-order valence-electron chi connectivity index (χ1n) is 7.89. The topological polar surface area (TPSA) is 58.6 Å². The van der Waals surface area contributed by atoms with Crippen molar-refractivity contribution in [3.63, 3.8) is 0 Å². The molecule has 0 bridgehead atoms. The van der Waals surface area contributed by atoms with E-state index in [4.69, 9.17) is 16.3 Å². The lowest BCUT2D eigenvalue weighted by Gasteiger charge is -2.17. The number of carbonyl (C=O) groups is 1. The molecule has 1 atom stereocenters. The van der Waals surface area contributed by atoms with Crippen LogP contribution in [0.5, 0.6) is 5.75 Å². The van der Waals surface area contributed by atoms with Gasteiger partial charge in [-0.05, 0) is 29.7 Å². The molecule has 0 fully saturated rings. The third kappa shape index (κ3) is 5.25. The second-order valence-electron chi connectivity index (χ2n) is 5.56. The van der Waals surface area contributed by atoms with Crippen molar-refractivity contribution >= 4 is 17.5 Å². The molecule has 0 aliphatic rings. The first-order valence-corrected chi connectivity index (χ1v) is 8.26. The summed E-state index contributed by atoms with van der Waals surface area (Å²) in [7, 11) is 1.57. The third-order valence-electron chi connectivity index (χ3n) is 3.91. The molecule has 2 aromatic rings. The Hall–Kier alpha value is -2.04. The quantitative estimate of drug-likeness (QED) is 0.771. The summed E-state index contributed by atoms with van der Waals surface area (Å²) in [6.07, 6.45) is 0.817. The van der Waals surface area contributed by atoms with E-state index in [1.807, 2.05) is 30.3 Å². The van der Waals surface area contributed by atoms with Crippen LogP contribution in [0.3, 0.4) is 0 Å². The number of hydrogen-bond acceptors (Lipinski definition) is 3. The highest BCUT2D eigenvalue weighted by Gasteiger charge is 2.13. The zero-order valence-electron chi connectivity index (χ0n) is 13.7. The largest absolute Gasteiger partial charge is 0.497 e. The van der Waals surface area contributed by atoms with Crippen LogP contribution in [-0.4, -0.2) is 31.3 Å². The summed E-state index contributed by atoms with van der Waals surface area (Å²) < 4.78 is 5.10. The fourth-order valence-corrected chi connectivity index (χ4v) is 2.78. The molecular formula is C19H22ClNO3. The minimum atomic E-state index is -0.0964. The van der Waals surface area contributed by atoms with Crippen molar-refractivity contribution in [3.05, 3.63) is 64.7 Å². The number of amides is 1. The average molecular weight is 348 g/mol. The predicted molar refractivity (Wildman–Crippen MR) is 95.6 cm³/mol. The SMILES string of the molecule is COc1ccc(CC(=O)NCC(CCO)c2ccccc2)c(Cl)c1. The Bertz CT molecular complexity index is 661. The minimum absolute atomic E-state index is 0.0831. The van der Waals surface area contributed by atoms with Crippen LogP contribution < -0.4 is 10.1 Å². The fourth-order valence-electron chi connectivity index (χ4n) is 2.54. The van der Waals surface area contributed by atoms with Crippen molar-refractivity contribution in [2.45, 2.75) is 18.8 Å². The molecule has 0 aromatic heterocycles. The van der Waals surface area contributed by atoms with Crippen molar-refractivity contribution in [2.75, 3.05) is 20.3 Å². The molecule has 1 unspecified atom stereocenters. The smallest absolute Gasteiger partial charge is 0.224 e. The summed E-state index contributed by atoms with van der Waals surface area (Å²) in [5.74, 6) is 0.656. The molecule has 5 heteroatoms. The number of halogens is 1. The number of methoxy groups -OCH3 is 1. The van der Waals surface area contributed by atoms with Gasteiger partial charge >= 0.3 is 0 Å². The number of rotatable bonds is 8. The number of ether oxygens (including phenoxy) is 1. The van der Waals surface area contributed by atoms with E-state index in [-0.39, 0.29) is 24.9 Å². The summed E-state index contributed by atoms with van der Waals surface area (Å²) in [6.45, 7) is 0.566. The number of nitrogens with one attached hydrogen (secondary N) is 1. The number of aliphatic hydroxyl groups excluding tert-OH is 1. The molecule has 0 aliphatic heterocycles. The predicted octanol–water partition coefficient (Wildman–Crippen LogP) is 3.17. The molecule has 0 radical (unpaired) electrons. The second kappa shape index (κ2) is 9.30. The third-order valence-corrected chi connectivity index (χ3v) is 4.26. The molecule has 2 N–H and O–H groups in total. The fraction of sp³-hybridized carbons (Fsp3) is 0.316. The molecule has 0 saturated heterocycles. The molecule has 128 valence electrons. The molecule has 2 rings (SSSR count). The maximum absolute atomic E-state index is 12.2. The van der Waals surface area contributed by atoms with Crippen molar-refractivity contribution < 1.29 is 14.6 Å². The summed E-state index contributed by atoms with van der Waals surface area (Å²) >= 11 is 6.17. The summed E-state index contributed by atoms with van der Waals surface area (Å²) in [6, 6.07) is 15.2. The zero-order chi connectivity index (χ0) is 17.4. The van der Waals surface area contributed by atoms with Gasteiger partial charge in [0.05, 0.1) is 13.5 Å². The Morgan fingerprint density at radius 1 is 1.25 bits per heavy atom. The lowest BCUT2D eigenvalue weighted by atomic mass is 9.96. The van der Waals surface area contributed by atoms with E-state index in [1.165, 1.54) is 0 Å². The summed E-state index contributed by atoms with van der Waals surface area (Å²) in [5, 5.41) is 12.7. The van der Waals surface area contributed by atoms with Gasteiger partial charge in [-0.3, -0.25) is 4.79 Å². The van der Waals surface area contributed by atoms with Crippen LogP contribution in [0, 0.1) is 0 Å². The highest BCUT2D eigenvalue weighted by Crippen LogP contribution is 2.23. The van der Waals surface area contributed by atoms with Gasteiger partial charge in [0.25, 0.3) is 0 Å². The van der Waals surface area contributed by atoms with Gasteiger partial charge in [-0.25, -0.2) is 0 Å². The van der Waals surface area contributed by atoms with Gasteiger partial charge < -0.3 is 15.2 Å². The molecule has 0 aliphatic carbocycles. The van der Waals surface area contributed by atoms with Gasteiger partial charge in [-0.1, -0.05) is 48.0 Å². The highest BCUT2D eigenvalue weighted by molar-refractivity contribution is 6.31. The van der Waals surface area contributed by atoms with Gasteiger partial charge in [0, 0.05) is 24.1 Å². The number of carbonyl (C=O) groups excluding carboxylic acids is 1. The van der Waals surface area contributed by atoms with Crippen LogP contribution in [0.4, 0.5) is 0 Å². The standard InChI is InChI=1S/C19H22ClNO3/c1-24-17-8-7-15(18(20)12-17)11-19(23)21-13-16(9-10-22)14-5-3-2-4-6-14/h2-8,12,16,22H,9-11,13H2,1H3,(H,21,23). The molecule has 2 aromatic carbocycles. The van der Waals surface area contributed by atoms with E-state index in [0.29, 0.717) is 23.7 Å². The molecule has 24 heavy (non-hydrogen) atoms. The van der Waals surface area contributed by atoms with E-state index in [9.17, 15) is 9.90 Å². The number of aliphatic hydroxyl groups is 1. The van der Waals surface area contributed by atoms with Gasteiger partial charge in [0.15, 0.2) is 0 Å². The Kier molecular flexibility index (Phi) is 7.09. The maximum atomic E-state index is 12.2. The van der Waals surface area contributed by atoms with Crippen molar-refractivity contribution in [1.29, 1.82) is 0 Å². The highest BCUT2D eigenvalue weighted by atomic mass is 35.5. The summed E-state index contributed by atoms with van der Waals surface area (Å²) in [4.78, 5) is 12.2. The lowest BCUT2D eigenvalue weighted by Crippen LogP contribution is -2.30. The van der Waals surface area contributed by atoms with Crippen LogP contribution in [0.2, 0.25) is 5.02 Å². The van der Waals surface area contributed by atoms with E-state index in [0.717, 1.165) is 11.1 Å². The minimum Gasteiger partial charge on any atom is -0.497 e. The number of hydrogen-bond donors (Lipinski definition) is 2. The van der Waals surface area contributed by atoms with Crippen LogP contribution >= 0.6 is 11.6 Å². The van der Waals surface area contributed by atoms with Crippen LogP contribution in [0.1, 0.15) is 23.5 Å². The molecule has 1 amide bonds. The van der Waals surface area contributed by atoms with E-state index < -0.39 is 0 Å². The average Bonchev–Trinajstić information content (AvgIpc) is 2.61. The molecular weight excluding hydrogens is 326 g/mol. The van der Waals surface area contributed by atoms with E-state index in [2.05, 4.69) is 5.32 Å². The van der Waals surface area contributed by atoms with Crippen LogP contribution in [0.15, 0.2) is 48.5 Å². The number of benzene rings is 2. The maximum Gasteiger partial charge on any atom is 0.224 e. The Balaban J connectivity index is 1.94. The Morgan fingerprint density at radius 3 is 2.62 bits per heavy atom. The van der Waals surface area contributed by atoms with Crippen LogP contribution in [0.25, 0.3) is 0 Å². The molecule has 0 saturated carbocycles. The molecule has 4 nitrogen and oxygen atoms in total. The normalized spacial score (nSPS) is 11.8. The first kappa shape index (κ1) is 18.3. The van der Waals surface area contributed by atoms with Gasteiger partial charge in [0.1, 0.15) is 5.75 Å². The van der Waals surface area contributed by atoms with Crippen molar-refractivity contribution in [2.24, 2.45) is 0 Å². The summed E-state index contributed by atoms with van der Waals surface area (Å²) in [5.41, 5.74) is 1.86. The van der Waals surface area contributed by atoms with Crippen molar-refractivity contribution in [1.82, 2.24) is 5.32 Å². The Morgan fingerprint density at radius 2 is 2.00 bits per heavy atom. The van der Waals surface area contributed by atoms with Crippen molar-refractivity contribution in [3.8, 4) is 5.75 Å². The monoisotopic (exact) mass is 347 g/mol. The van der Waals surface area contributed by atoms with Gasteiger partial charge in [-0.15, -0.1) is 0 Å². The van der Waals surface area contributed by atoms with Gasteiger partial charge in [0.2, 0.25) is 5.91 Å². The molecule has 0 heterocycles. The Labute approximate surface area is 147 Å². The first-order chi connectivity index (χ1) is 11.6. The zero-order valence-corrected chi connectivity index (χ0v) is 14.4. The van der Waals surface area contributed by atoms with Gasteiger partial charge in [-0.2, -0.15) is 0 Å². The van der Waals surface area contributed by atoms with E-state index in [1.54, 1.807) is 25.3 Å². The van der Waals surface area contributed by atoms with Crippen LogP contribution in [-0.2, 0) is 11.2 Å².